The standard InChI is InChI=1S/C19H32F3N3O/c1-2-23-9-11-24(12-10-23)17-7-8-25(14-17)18(26)13-15-3-5-16(6-4-15)19(20,21)22/h15-17H,2-14H2,1H3. The van der Waals surface area contributed by atoms with Crippen molar-refractivity contribution in [3.8, 4) is 0 Å². The molecule has 26 heavy (non-hydrogen) atoms. The van der Waals surface area contributed by atoms with E-state index >= 15 is 0 Å². The summed E-state index contributed by atoms with van der Waals surface area (Å²) in [5, 5.41) is 0. The Morgan fingerprint density at radius 2 is 1.62 bits per heavy atom. The van der Waals surface area contributed by atoms with Crippen LogP contribution in [0.1, 0.15) is 45.4 Å². The maximum absolute atomic E-state index is 12.8. The molecule has 0 N–H and O–H groups in total. The Kier molecular flexibility index (Phi) is 6.49. The fraction of sp³-hybridized carbons (Fsp3) is 0.947. The zero-order chi connectivity index (χ0) is 18.7. The first-order valence-electron chi connectivity index (χ1n) is 10.2. The third kappa shape index (κ3) is 4.91. The van der Waals surface area contributed by atoms with Crippen LogP contribution in [-0.4, -0.2) is 78.6 Å². The van der Waals surface area contributed by atoms with E-state index in [-0.39, 0.29) is 24.7 Å². The maximum Gasteiger partial charge on any atom is 0.391 e. The van der Waals surface area contributed by atoms with Crippen LogP contribution in [0.2, 0.25) is 0 Å². The normalized spacial score (nSPS) is 32.2. The first-order valence-corrected chi connectivity index (χ1v) is 10.2. The van der Waals surface area contributed by atoms with Gasteiger partial charge in [-0.05, 0) is 44.6 Å². The van der Waals surface area contributed by atoms with E-state index in [9.17, 15) is 18.0 Å². The molecule has 2 heterocycles. The number of carbonyl (C=O) groups is 1. The quantitative estimate of drug-likeness (QED) is 0.756. The van der Waals surface area contributed by atoms with Gasteiger partial charge in [-0.3, -0.25) is 9.69 Å². The summed E-state index contributed by atoms with van der Waals surface area (Å²) in [5.74, 6) is -0.879. The third-order valence-corrected chi connectivity index (χ3v) is 6.66. The number of amides is 1. The van der Waals surface area contributed by atoms with Gasteiger partial charge in [0.05, 0.1) is 5.92 Å². The lowest BCUT2D eigenvalue weighted by atomic mass is 9.80. The molecule has 2 saturated heterocycles. The van der Waals surface area contributed by atoms with Gasteiger partial charge in [0, 0.05) is 51.7 Å². The van der Waals surface area contributed by atoms with Crippen LogP contribution in [0.4, 0.5) is 13.2 Å². The SMILES string of the molecule is CCN1CCN(C2CCN(C(=O)CC3CCC(C(F)(F)F)CC3)C2)CC1. The lowest BCUT2D eigenvalue weighted by Gasteiger charge is -2.37. The van der Waals surface area contributed by atoms with Gasteiger partial charge >= 0.3 is 6.18 Å². The van der Waals surface area contributed by atoms with Crippen LogP contribution >= 0.6 is 0 Å². The van der Waals surface area contributed by atoms with Gasteiger partial charge < -0.3 is 9.80 Å². The van der Waals surface area contributed by atoms with E-state index in [0.717, 1.165) is 52.2 Å². The Morgan fingerprint density at radius 1 is 0.962 bits per heavy atom. The molecular formula is C19H32F3N3O. The Labute approximate surface area is 154 Å². The molecule has 1 amide bonds. The van der Waals surface area contributed by atoms with Crippen LogP contribution in [0.25, 0.3) is 0 Å². The predicted octanol–water partition coefficient (Wildman–Crippen LogP) is 2.98. The van der Waals surface area contributed by atoms with Crippen LogP contribution in [0.3, 0.4) is 0 Å². The van der Waals surface area contributed by atoms with Crippen molar-refractivity contribution >= 4 is 5.91 Å². The molecule has 3 aliphatic rings. The summed E-state index contributed by atoms with van der Waals surface area (Å²) in [4.78, 5) is 19.5. The number of nitrogens with zero attached hydrogens (tertiary/aromatic N) is 3. The van der Waals surface area contributed by atoms with Gasteiger partial charge in [-0.2, -0.15) is 13.2 Å². The van der Waals surface area contributed by atoms with E-state index in [2.05, 4.69) is 16.7 Å². The van der Waals surface area contributed by atoms with Crippen LogP contribution < -0.4 is 0 Å². The van der Waals surface area contributed by atoms with Crippen molar-refractivity contribution in [1.29, 1.82) is 0 Å². The largest absolute Gasteiger partial charge is 0.391 e. The number of carbonyl (C=O) groups excluding carboxylic acids is 1. The molecule has 0 aromatic rings. The summed E-state index contributed by atoms with van der Waals surface area (Å²) >= 11 is 0. The van der Waals surface area contributed by atoms with Crippen molar-refractivity contribution in [2.24, 2.45) is 11.8 Å². The van der Waals surface area contributed by atoms with Crippen molar-refractivity contribution in [2.75, 3.05) is 45.8 Å². The Bertz CT molecular complexity index is 469. The molecule has 0 bridgehead atoms. The van der Waals surface area contributed by atoms with Crippen LogP contribution in [-0.2, 0) is 4.79 Å². The summed E-state index contributed by atoms with van der Waals surface area (Å²) in [7, 11) is 0. The van der Waals surface area contributed by atoms with Crippen molar-refractivity contribution in [3.05, 3.63) is 0 Å². The second-order valence-corrected chi connectivity index (χ2v) is 8.22. The zero-order valence-corrected chi connectivity index (χ0v) is 15.8. The molecule has 3 rings (SSSR count). The van der Waals surface area contributed by atoms with Crippen LogP contribution in [0.5, 0.6) is 0 Å². The third-order valence-electron chi connectivity index (χ3n) is 6.66. The fourth-order valence-corrected chi connectivity index (χ4v) is 4.78. The second-order valence-electron chi connectivity index (χ2n) is 8.22. The van der Waals surface area contributed by atoms with Gasteiger partial charge in [-0.15, -0.1) is 0 Å². The molecule has 4 nitrogen and oxygen atoms in total. The van der Waals surface area contributed by atoms with Crippen molar-refractivity contribution in [2.45, 2.75) is 57.7 Å². The average Bonchev–Trinajstić information content (AvgIpc) is 3.12. The molecule has 0 aromatic heterocycles. The molecule has 0 spiro atoms. The van der Waals surface area contributed by atoms with Crippen LogP contribution in [0.15, 0.2) is 0 Å². The lowest BCUT2D eigenvalue weighted by molar-refractivity contribution is -0.184. The lowest BCUT2D eigenvalue weighted by Crippen LogP contribution is -2.51. The number of rotatable bonds is 4. The van der Waals surface area contributed by atoms with E-state index in [4.69, 9.17) is 0 Å². The minimum absolute atomic E-state index is 0.133. The minimum atomic E-state index is -4.07. The number of hydrogen-bond donors (Lipinski definition) is 0. The average molecular weight is 375 g/mol. The van der Waals surface area contributed by atoms with E-state index in [0.29, 0.717) is 25.3 Å². The van der Waals surface area contributed by atoms with Gasteiger partial charge in [-0.1, -0.05) is 6.92 Å². The minimum Gasteiger partial charge on any atom is -0.341 e. The second kappa shape index (κ2) is 8.46. The highest BCUT2D eigenvalue weighted by Crippen LogP contribution is 2.40. The van der Waals surface area contributed by atoms with Gasteiger partial charge in [0.2, 0.25) is 5.91 Å². The van der Waals surface area contributed by atoms with Crippen LogP contribution in [0, 0.1) is 11.8 Å². The first kappa shape index (κ1) is 19.9. The molecule has 0 aromatic carbocycles. The van der Waals surface area contributed by atoms with Gasteiger partial charge in [0.15, 0.2) is 0 Å². The Balaban J connectivity index is 1.40. The first-order chi connectivity index (χ1) is 12.4. The Hall–Kier alpha value is -0.820. The highest BCUT2D eigenvalue weighted by Gasteiger charge is 2.42. The van der Waals surface area contributed by atoms with Gasteiger partial charge in [0.25, 0.3) is 0 Å². The molecule has 0 radical (unpaired) electrons. The number of alkyl halides is 3. The summed E-state index contributed by atoms with van der Waals surface area (Å²) in [6.07, 6.45) is -1.17. The molecule has 7 heteroatoms. The molecule has 3 fully saturated rings. The smallest absolute Gasteiger partial charge is 0.341 e. The van der Waals surface area contributed by atoms with E-state index in [1.807, 2.05) is 4.90 Å². The monoisotopic (exact) mass is 375 g/mol. The van der Waals surface area contributed by atoms with Crippen molar-refractivity contribution in [1.82, 2.24) is 14.7 Å². The Morgan fingerprint density at radius 3 is 2.19 bits per heavy atom. The van der Waals surface area contributed by atoms with E-state index < -0.39 is 12.1 Å². The molecule has 1 unspecified atom stereocenters. The summed E-state index contributed by atoms with van der Waals surface area (Å²) in [5.41, 5.74) is 0. The molecule has 150 valence electrons. The number of likely N-dealkylation sites (N-methyl/N-ethyl adjacent to an activating group) is 1. The maximum atomic E-state index is 12.8. The highest BCUT2D eigenvalue weighted by atomic mass is 19.4. The fourth-order valence-electron chi connectivity index (χ4n) is 4.78. The number of hydrogen-bond acceptors (Lipinski definition) is 3. The zero-order valence-electron chi connectivity index (χ0n) is 15.8. The number of likely N-dealkylation sites (tertiary alicyclic amines) is 1. The molecule has 1 atom stereocenters. The molecular weight excluding hydrogens is 343 g/mol. The van der Waals surface area contributed by atoms with Crippen molar-refractivity contribution in [3.63, 3.8) is 0 Å². The number of halogens is 3. The molecule has 1 aliphatic carbocycles. The highest BCUT2D eigenvalue weighted by molar-refractivity contribution is 5.76. The molecule has 1 saturated carbocycles. The predicted molar refractivity (Wildman–Crippen MR) is 94.8 cm³/mol. The van der Waals surface area contributed by atoms with Crippen molar-refractivity contribution < 1.29 is 18.0 Å². The summed E-state index contributed by atoms with van der Waals surface area (Å²) in [6.45, 7) is 9.22. The summed E-state index contributed by atoms with van der Waals surface area (Å²) < 4.78 is 38.3. The number of piperazine rings is 1. The van der Waals surface area contributed by atoms with Gasteiger partial charge in [-0.25, -0.2) is 0 Å². The summed E-state index contributed by atoms with van der Waals surface area (Å²) in [6, 6.07) is 0.457. The van der Waals surface area contributed by atoms with Gasteiger partial charge in [0.1, 0.15) is 0 Å². The topological polar surface area (TPSA) is 26.8 Å². The molecule has 2 aliphatic heterocycles. The van der Waals surface area contributed by atoms with E-state index in [1.165, 1.54) is 0 Å². The van der Waals surface area contributed by atoms with E-state index in [1.54, 1.807) is 0 Å².